The largest absolute Gasteiger partial charge is 0.507 e. The lowest BCUT2D eigenvalue weighted by molar-refractivity contribution is -0.140. The lowest BCUT2D eigenvalue weighted by Gasteiger charge is -2.29. The molecule has 0 bridgehead atoms. The van der Waals surface area contributed by atoms with Gasteiger partial charge >= 0.3 is 0 Å². The molecular formula is C28H34N2O7. The molecule has 0 saturated carbocycles. The zero-order chi connectivity index (χ0) is 26.5. The number of likely N-dealkylation sites (tertiary alicyclic amines) is 1. The lowest BCUT2D eigenvalue weighted by atomic mass is 9.95. The summed E-state index contributed by atoms with van der Waals surface area (Å²) < 4.78 is 16.3. The van der Waals surface area contributed by atoms with Crippen molar-refractivity contribution < 1.29 is 34.0 Å². The van der Waals surface area contributed by atoms with Crippen molar-refractivity contribution in [1.82, 2.24) is 9.80 Å². The molecule has 2 aromatic carbocycles. The van der Waals surface area contributed by atoms with E-state index in [9.17, 15) is 19.8 Å². The first-order chi connectivity index (χ1) is 17.8. The maximum absolute atomic E-state index is 13.3. The van der Waals surface area contributed by atoms with E-state index in [-0.39, 0.29) is 23.0 Å². The molecular weight excluding hydrogens is 476 g/mol. The van der Waals surface area contributed by atoms with Gasteiger partial charge in [0.15, 0.2) is 0 Å². The summed E-state index contributed by atoms with van der Waals surface area (Å²) in [6, 6.07) is 10.7. The Morgan fingerprint density at radius 3 is 2.35 bits per heavy atom. The van der Waals surface area contributed by atoms with Crippen LogP contribution >= 0.6 is 0 Å². The first-order valence-electron chi connectivity index (χ1n) is 12.5. The molecule has 37 heavy (non-hydrogen) atoms. The fourth-order valence-corrected chi connectivity index (χ4v) is 4.73. The molecule has 2 fully saturated rings. The van der Waals surface area contributed by atoms with Crippen molar-refractivity contribution in [3.05, 3.63) is 59.2 Å². The summed E-state index contributed by atoms with van der Waals surface area (Å²) in [7, 11) is 1.46. The molecule has 2 saturated heterocycles. The molecule has 0 radical (unpaired) electrons. The third kappa shape index (κ3) is 5.89. The van der Waals surface area contributed by atoms with Crippen molar-refractivity contribution >= 4 is 17.4 Å². The average Bonchev–Trinajstić information content (AvgIpc) is 3.14. The second kappa shape index (κ2) is 11.7. The number of rotatable bonds is 9. The number of carbonyl (C=O) groups excluding carboxylic acids is 2. The molecule has 2 aromatic rings. The van der Waals surface area contributed by atoms with E-state index in [0.29, 0.717) is 43.2 Å². The number of aromatic hydroxyl groups is 1. The average molecular weight is 511 g/mol. The third-order valence-electron chi connectivity index (χ3n) is 6.54. The normalized spacial score (nSPS) is 20.0. The van der Waals surface area contributed by atoms with Crippen LogP contribution in [0, 0.1) is 0 Å². The Balaban J connectivity index is 1.69. The van der Waals surface area contributed by atoms with Gasteiger partial charge in [-0.1, -0.05) is 12.1 Å². The number of amides is 1. The number of morpholine rings is 1. The molecule has 1 amide bonds. The molecule has 9 nitrogen and oxygen atoms in total. The molecule has 9 heteroatoms. The van der Waals surface area contributed by atoms with Gasteiger partial charge in [0.2, 0.25) is 0 Å². The van der Waals surface area contributed by atoms with Crippen LogP contribution < -0.4 is 9.47 Å². The van der Waals surface area contributed by atoms with E-state index in [2.05, 4.69) is 4.90 Å². The van der Waals surface area contributed by atoms with Crippen molar-refractivity contribution in [2.75, 3.05) is 46.5 Å². The van der Waals surface area contributed by atoms with E-state index < -0.39 is 23.5 Å². The van der Waals surface area contributed by atoms with E-state index in [1.165, 1.54) is 24.1 Å². The van der Waals surface area contributed by atoms with E-state index in [4.69, 9.17) is 14.2 Å². The molecule has 198 valence electrons. The second-order valence-corrected chi connectivity index (χ2v) is 9.42. The van der Waals surface area contributed by atoms with Gasteiger partial charge < -0.3 is 29.3 Å². The molecule has 2 aliphatic heterocycles. The van der Waals surface area contributed by atoms with Crippen LogP contribution in [0.3, 0.4) is 0 Å². The predicted molar refractivity (Wildman–Crippen MR) is 138 cm³/mol. The second-order valence-electron chi connectivity index (χ2n) is 9.42. The molecule has 0 aromatic heterocycles. The van der Waals surface area contributed by atoms with E-state index in [0.717, 1.165) is 19.6 Å². The lowest BCUT2D eigenvalue weighted by Crippen LogP contribution is -2.38. The SMILES string of the molecule is COc1ccc(/C(O)=C2\C(=O)C(=O)N(CCCN3CCOCC3)C2c2ccc(OC(C)C)cc2)c(O)c1. The zero-order valence-corrected chi connectivity index (χ0v) is 21.5. The summed E-state index contributed by atoms with van der Waals surface area (Å²) in [5.41, 5.74) is 0.655. The van der Waals surface area contributed by atoms with Gasteiger partial charge in [0.25, 0.3) is 11.7 Å². The van der Waals surface area contributed by atoms with Crippen LogP contribution in [0.4, 0.5) is 0 Å². The Morgan fingerprint density at radius 1 is 1.05 bits per heavy atom. The summed E-state index contributed by atoms with van der Waals surface area (Å²) in [4.78, 5) is 30.2. The Hall–Kier alpha value is -3.56. The highest BCUT2D eigenvalue weighted by Crippen LogP contribution is 2.41. The molecule has 2 heterocycles. The quantitative estimate of drug-likeness (QED) is 0.300. The van der Waals surface area contributed by atoms with E-state index in [1.54, 1.807) is 30.3 Å². The highest BCUT2D eigenvalue weighted by molar-refractivity contribution is 6.46. The van der Waals surface area contributed by atoms with E-state index in [1.807, 2.05) is 13.8 Å². The maximum atomic E-state index is 13.3. The van der Waals surface area contributed by atoms with E-state index >= 15 is 0 Å². The van der Waals surface area contributed by atoms with Crippen molar-refractivity contribution in [2.24, 2.45) is 0 Å². The summed E-state index contributed by atoms with van der Waals surface area (Å²) in [6.07, 6.45) is 0.654. The van der Waals surface area contributed by atoms with Crippen molar-refractivity contribution in [1.29, 1.82) is 0 Å². The minimum absolute atomic E-state index is 0.00489. The van der Waals surface area contributed by atoms with Gasteiger partial charge in [-0.15, -0.1) is 0 Å². The van der Waals surface area contributed by atoms with Crippen LogP contribution in [-0.2, 0) is 14.3 Å². The number of nitrogens with zero attached hydrogens (tertiary/aromatic N) is 2. The Morgan fingerprint density at radius 2 is 1.73 bits per heavy atom. The van der Waals surface area contributed by atoms with Crippen molar-refractivity contribution in [3.8, 4) is 17.2 Å². The number of phenolic OH excluding ortho intramolecular Hbond substituents is 1. The number of aliphatic hydroxyl groups is 1. The van der Waals surface area contributed by atoms with Crippen LogP contribution in [0.15, 0.2) is 48.0 Å². The molecule has 2 aliphatic rings. The van der Waals surface area contributed by atoms with Gasteiger partial charge in [0.05, 0.1) is 43.6 Å². The summed E-state index contributed by atoms with van der Waals surface area (Å²) >= 11 is 0. The number of phenols is 1. The smallest absolute Gasteiger partial charge is 0.295 e. The topological polar surface area (TPSA) is 109 Å². The number of ketones is 1. The highest BCUT2D eigenvalue weighted by Gasteiger charge is 2.46. The van der Waals surface area contributed by atoms with Gasteiger partial charge in [-0.3, -0.25) is 14.5 Å². The number of hydrogen-bond acceptors (Lipinski definition) is 8. The summed E-state index contributed by atoms with van der Waals surface area (Å²) in [6.45, 7) is 7.98. The number of hydrogen-bond donors (Lipinski definition) is 2. The molecule has 2 N–H and O–H groups in total. The molecule has 0 aliphatic carbocycles. The number of benzene rings is 2. The van der Waals surface area contributed by atoms with Crippen LogP contribution in [0.2, 0.25) is 0 Å². The standard InChI is InChI=1S/C28H34N2O7/c1-18(2)37-20-7-5-19(6-8-20)25-24(26(32)22-10-9-21(35-3)17-23(22)31)27(33)28(34)30(25)12-4-11-29-13-15-36-16-14-29/h5-10,17-18,25,31-32H,4,11-16H2,1-3H3/b26-24+. The van der Waals surface area contributed by atoms with Gasteiger partial charge in [-0.05, 0) is 50.1 Å². The molecule has 4 rings (SSSR count). The number of methoxy groups -OCH3 is 1. The van der Waals surface area contributed by atoms with Crippen LogP contribution in [0.5, 0.6) is 17.2 Å². The number of aliphatic hydroxyl groups excluding tert-OH is 1. The predicted octanol–water partition coefficient (Wildman–Crippen LogP) is 3.33. The number of Topliss-reactive ketones (excluding diaryl/α,β-unsaturated/α-hetero) is 1. The molecule has 1 unspecified atom stereocenters. The molecule has 1 atom stereocenters. The monoisotopic (exact) mass is 510 g/mol. The van der Waals surface area contributed by atoms with Crippen molar-refractivity contribution in [2.45, 2.75) is 32.4 Å². The Labute approximate surface area is 216 Å². The summed E-state index contributed by atoms with van der Waals surface area (Å²) in [5, 5.41) is 21.8. The Bertz CT molecular complexity index is 1150. The number of ether oxygens (including phenoxy) is 3. The number of carbonyl (C=O) groups is 2. The van der Waals surface area contributed by atoms with Crippen LogP contribution in [-0.4, -0.2) is 84.3 Å². The fourth-order valence-electron chi connectivity index (χ4n) is 4.73. The Kier molecular flexibility index (Phi) is 8.35. The van der Waals surface area contributed by atoms with Crippen LogP contribution in [0.25, 0.3) is 5.76 Å². The van der Waals surface area contributed by atoms with Gasteiger partial charge in [0, 0.05) is 32.2 Å². The first-order valence-corrected chi connectivity index (χ1v) is 12.5. The first kappa shape index (κ1) is 26.5. The highest BCUT2D eigenvalue weighted by atomic mass is 16.5. The molecule has 0 spiro atoms. The van der Waals surface area contributed by atoms with Gasteiger partial charge in [-0.2, -0.15) is 0 Å². The van der Waals surface area contributed by atoms with Gasteiger partial charge in [-0.25, -0.2) is 0 Å². The minimum atomic E-state index is -0.806. The third-order valence-corrected chi connectivity index (χ3v) is 6.54. The van der Waals surface area contributed by atoms with Gasteiger partial charge in [0.1, 0.15) is 23.0 Å². The zero-order valence-electron chi connectivity index (χ0n) is 21.5. The summed E-state index contributed by atoms with van der Waals surface area (Å²) in [5.74, 6) is -1.09. The maximum Gasteiger partial charge on any atom is 0.295 e. The minimum Gasteiger partial charge on any atom is -0.507 e. The van der Waals surface area contributed by atoms with Crippen molar-refractivity contribution in [3.63, 3.8) is 0 Å². The fraction of sp³-hybridized carbons (Fsp3) is 0.429. The van der Waals surface area contributed by atoms with Crippen LogP contribution in [0.1, 0.15) is 37.4 Å².